The van der Waals surface area contributed by atoms with Crippen LogP contribution in [0.15, 0.2) is 42.7 Å². The third-order valence-corrected chi connectivity index (χ3v) is 3.70. The average Bonchev–Trinajstić information content (AvgIpc) is 2.93. The summed E-state index contributed by atoms with van der Waals surface area (Å²) < 4.78 is 1.58. The van der Waals surface area contributed by atoms with Gasteiger partial charge in [0.05, 0.1) is 11.9 Å². The Kier molecular flexibility index (Phi) is 3.77. The van der Waals surface area contributed by atoms with Crippen molar-refractivity contribution in [2.24, 2.45) is 0 Å². The zero-order valence-corrected chi connectivity index (χ0v) is 11.9. The monoisotopic (exact) mass is 285 g/mol. The van der Waals surface area contributed by atoms with Gasteiger partial charge in [0.15, 0.2) is 0 Å². The molecule has 6 nitrogen and oxygen atoms in total. The SMILES string of the molecule is Nc1cnn(CC(=O)N2CCN(c3ccccc3)CC2)c1. The van der Waals surface area contributed by atoms with E-state index in [1.54, 1.807) is 17.1 Å². The number of para-hydroxylation sites is 1. The van der Waals surface area contributed by atoms with Crippen LogP contribution in [-0.4, -0.2) is 46.8 Å². The fourth-order valence-electron chi connectivity index (χ4n) is 2.56. The molecular weight excluding hydrogens is 266 g/mol. The standard InChI is InChI=1S/C15H19N5O/c16-13-10-17-20(11-13)12-15(21)19-8-6-18(7-9-19)14-4-2-1-3-5-14/h1-5,10-11H,6-9,12,16H2. The minimum absolute atomic E-state index is 0.0887. The number of nitrogens with two attached hydrogens (primary N) is 1. The lowest BCUT2D eigenvalue weighted by atomic mass is 10.2. The first kappa shape index (κ1) is 13.5. The molecule has 6 heteroatoms. The van der Waals surface area contributed by atoms with E-state index in [1.807, 2.05) is 23.1 Å². The Hall–Kier alpha value is -2.50. The van der Waals surface area contributed by atoms with E-state index in [-0.39, 0.29) is 12.5 Å². The highest BCUT2D eigenvalue weighted by molar-refractivity contribution is 5.76. The summed E-state index contributed by atoms with van der Waals surface area (Å²) in [5.41, 5.74) is 7.39. The van der Waals surface area contributed by atoms with Crippen LogP contribution in [0.3, 0.4) is 0 Å². The van der Waals surface area contributed by atoms with Crippen LogP contribution in [0, 0.1) is 0 Å². The van der Waals surface area contributed by atoms with Crippen LogP contribution in [0.1, 0.15) is 0 Å². The van der Waals surface area contributed by atoms with Crippen LogP contribution in [-0.2, 0) is 11.3 Å². The predicted molar refractivity (Wildman–Crippen MR) is 81.9 cm³/mol. The normalized spacial score (nSPS) is 15.2. The average molecular weight is 285 g/mol. The molecule has 0 unspecified atom stereocenters. The van der Waals surface area contributed by atoms with E-state index in [2.05, 4.69) is 22.1 Å². The number of rotatable bonds is 3. The van der Waals surface area contributed by atoms with Gasteiger partial charge in [-0.3, -0.25) is 9.48 Å². The van der Waals surface area contributed by atoms with E-state index in [1.165, 1.54) is 5.69 Å². The van der Waals surface area contributed by atoms with Crippen LogP contribution in [0.5, 0.6) is 0 Å². The molecule has 110 valence electrons. The Bertz CT molecular complexity index is 602. The van der Waals surface area contributed by atoms with Crippen LogP contribution >= 0.6 is 0 Å². The van der Waals surface area contributed by atoms with Crippen molar-refractivity contribution in [2.75, 3.05) is 36.8 Å². The Labute approximate surface area is 123 Å². The molecule has 1 saturated heterocycles. The van der Waals surface area contributed by atoms with Gasteiger partial charge in [0, 0.05) is 38.1 Å². The largest absolute Gasteiger partial charge is 0.396 e. The lowest BCUT2D eigenvalue weighted by Gasteiger charge is -2.36. The Morgan fingerprint density at radius 3 is 2.48 bits per heavy atom. The van der Waals surface area contributed by atoms with Gasteiger partial charge in [0.1, 0.15) is 6.54 Å². The summed E-state index contributed by atoms with van der Waals surface area (Å²) in [7, 11) is 0. The Morgan fingerprint density at radius 1 is 1.14 bits per heavy atom. The zero-order chi connectivity index (χ0) is 14.7. The molecule has 0 atom stereocenters. The number of aromatic nitrogens is 2. The number of hydrogen-bond acceptors (Lipinski definition) is 4. The molecule has 3 rings (SSSR count). The lowest BCUT2D eigenvalue weighted by Crippen LogP contribution is -2.49. The van der Waals surface area contributed by atoms with Gasteiger partial charge in [-0.15, -0.1) is 0 Å². The molecule has 1 aliphatic heterocycles. The third-order valence-electron chi connectivity index (χ3n) is 3.70. The predicted octanol–water partition coefficient (Wildman–Crippen LogP) is 0.814. The van der Waals surface area contributed by atoms with Crippen molar-refractivity contribution in [2.45, 2.75) is 6.54 Å². The molecule has 1 amide bonds. The molecule has 0 aliphatic carbocycles. The fraction of sp³-hybridized carbons (Fsp3) is 0.333. The molecule has 1 aliphatic rings. The number of hydrogen-bond donors (Lipinski definition) is 1. The van der Waals surface area contributed by atoms with E-state index < -0.39 is 0 Å². The van der Waals surface area contributed by atoms with Gasteiger partial charge < -0.3 is 15.5 Å². The molecule has 0 bridgehead atoms. The smallest absolute Gasteiger partial charge is 0.244 e. The molecule has 1 aromatic carbocycles. The van der Waals surface area contributed by atoms with Crippen molar-refractivity contribution in [3.05, 3.63) is 42.7 Å². The maximum Gasteiger partial charge on any atom is 0.244 e. The van der Waals surface area contributed by atoms with Crippen molar-refractivity contribution in [3.8, 4) is 0 Å². The second-order valence-electron chi connectivity index (χ2n) is 5.17. The van der Waals surface area contributed by atoms with Crippen LogP contribution < -0.4 is 10.6 Å². The van der Waals surface area contributed by atoms with Gasteiger partial charge in [0.25, 0.3) is 0 Å². The minimum Gasteiger partial charge on any atom is -0.396 e. The second kappa shape index (κ2) is 5.87. The van der Waals surface area contributed by atoms with Gasteiger partial charge in [-0.1, -0.05) is 18.2 Å². The maximum atomic E-state index is 12.2. The number of carbonyl (C=O) groups is 1. The van der Waals surface area contributed by atoms with E-state index in [4.69, 9.17) is 5.73 Å². The number of anilines is 2. The topological polar surface area (TPSA) is 67.4 Å². The van der Waals surface area contributed by atoms with Crippen LogP contribution in [0.2, 0.25) is 0 Å². The van der Waals surface area contributed by atoms with Gasteiger partial charge in [-0.2, -0.15) is 5.10 Å². The quantitative estimate of drug-likeness (QED) is 0.906. The summed E-state index contributed by atoms with van der Waals surface area (Å²) in [6, 6.07) is 10.3. The van der Waals surface area contributed by atoms with Crippen molar-refractivity contribution < 1.29 is 4.79 Å². The molecule has 1 fully saturated rings. The first-order valence-electron chi connectivity index (χ1n) is 7.08. The van der Waals surface area contributed by atoms with E-state index >= 15 is 0 Å². The van der Waals surface area contributed by atoms with Gasteiger partial charge in [-0.05, 0) is 12.1 Å². The van der Waals surface area contributed by atoms with Crippen LogP contribution in [0.4, 0.5) is 11.4 Å². The molecule has 2 aromatic rings. The molecule has 21 heavy (non-hydrogen) atoms. The second-order valence-corrected chi connectivity index (χ2v) is 5.17. The molecule has 0 saturated carbocycles. The van der Waals surface area contributed by atoms with Crippen molar-refractivity contribution >= 4 is 17.3 Å². The van der Waals surface area contributed by atoms with Crippen molar-refractivity contribution in [3.63, 3.8) is 0 Å². The highest BCUT2D eigenvalue weighted by atomic mass is 16.2. The summed E-state index contributed by atoms with van der Waals surface area (Å²) in [4.78, 5) is 16.4. The minimum atomic E-state index is 0.0887. The first-order valence-corrected chi connectivity index (χ1v) is 7.08. The van der Waals surface area contributed by atoms with Gasteiger partial charge in [-0.25, -0.2) is 0 Å². The van der Waals surface area contributed by atoms with E-state index in [0.717, 1.165) is 26.2 Å². The molecule has 2 N–H and O–H groups in total. The fourth-order valence-corrected chi connectivity index (χ4v) is 2.56. The number of carbonyl (C=O) groups excluding carboxylic acids is 1. The Morgan fingerprint density at radius 2 is 1.86 bits per heavy atom. The molecule has 2 heterocycles. The highest BCUT2D eigenvalue weighted by Crippen LogP contribution is 2.15. The number of amides is 1. The number of nitrogen functional groups attached to an aromatic ring is 1. The first-order chi connectivity index (χ1) is 10.2. The summed E-state index contributed by atoms with van der Waals surface area (Å²) in [6.45, 7) is 3.45. The van der Waals surface area contributed by atoms with E-state index in [0.29, 0.717) is 5.69 Å². The van der Waals surface area contributed by atoms with Crippen LogP contribution in [0.25, 0.3) is 0 Å². The zero-order valence-electron chi connectivity index (χ0n) is 11.9. The Balaban J connectivity index is 1.54. The van der Waals surface area contributed by atoms with Crippen molar-refractivity contribution in [1.29, 1.82) is 0 Å². The number of piperazine rings is 1. The van der Waals surface area contributed by atoms with Gasteiger partial charge >= 0.3 is 0 Å². The molecule has 0 spiro atoms. The third kappa shape index (κ3) is 3.16. The summed E-state index contributed by atoms with van der Waals surface area (Å²) in [5, 5.41) is 4.05. The maximum absolute atomic E-state index is 12.2. The number of nitrogens with zero attached hydrogens (tertiary/aromatic N) is 4. The summed E-state index contributed by atoms with van der Waals surface area (Å²) in [6.07, 6.45) is 3.23. The summed E-state index contributed by atoms with van der Waals surface area (Å²) in [5.74, 6) is 0.0887. The molecule has 0 radical (unpaired) electrons. The van der Waals surface area contributed by atoms with Crippen molar-refractivity contribution in [1.82, 2.24) is 14.7 Å². The number of benzene rings is 1. The highest BCUT2D eigenvalue weighted by Gasteiger charge is 2.21. The summed E-state index contributed by atoms with van der Waals surface area (Å²) >= 11 is 0. The lowest BCUT2D eigenvalue weighted by molar-refractivity contribution is -0.132. The molecular formula is C15H19N5O. The van der Waals surface area contributed by atoms with E-state index in [9.17, 15) is 4.79 Å². The van der Waals surface area contributed by atoms with Gasteiger partial charge in [0.2, 0.25) is 5.91 Å². The molecule has 1 aromatic heterocycles.